The fraction of sp³-hybridized carbons (Fsp3) is 0. The molecule has 1 aromatic carbocycles. The normalized spacial score (nSPS) is 10.8. The summed E-state index contributed by atoms with van der Waals surface area (Å²) < 4.78 is 0.613. The van der Waals surface area contributed by atoms with Crippen LogP contribution in [-0.2, 0) is 0 Å². The zero-order valence-electron chi connectivity index (χ0n) is 11.8. The van der Waals surface area contributed by atoms with E-state index in [1.54, 1.807) is 24.3 Å². The Morgan fingerprint density at radius 2 is 2.04 bits per heavy atom. The molecule has 8 heteroatoms. The summed E-state index contributed by atoms with van der Waals surface area (Å²) in [6.45, 7) is 0. The number of nitrogens with zero attached hydrogens (tertiary/aromatic N) is 4. The van der Waals surface area contributed by atoms with Gasteiger partial charge in [-0.15, -0.1) is 10.2 Å². The monoisotopic (exact) mass is 370 g/mol. The Bertz CT molecular complexity index is 847. The van der Waals surface area contributed by atoms with Crippen molar-refractivity contribution in [2.24, 2.45) is 0 Å². The summed E-state index contributed by atoms with van der Waals surface area (Å²) in [5.74, 6) is 0.211. The fourth-order valence-electron chi connectivity index (χ4n) is 1.86. The second kappa shape index (κ2) is 6.93. The third-order valence-corrected chi connectivity index (χ3v) is 3.32. The van der Waals surface area contributed by atoms with E-state index in [1.165, 1.54) is 0 Å². The first kappa shape index (κ1) is 15.0. The van der Waals surface area contributed by atoms with Crippen molar-refractivity contribution in [1.82, 2.24) is 25.6 Å². The van der Waals surface area contributed by atoms with E-state index in [0.29, 0.717) is 21.8 Å². The highest BCUT2D eigenvalue weighted by molar-refractivity contribution is 9.10. The Balaban J connectivity index is 1.73. The SMILES string of the molecule is O=C(Nc1cccc(/C=C/c2nn[nH]n2)c1)c1cccc(Br)n1. The standard InChI is InChI=1S/C15H11BrN6O/c16-13-6-2-5-12(18-13)15(23)17-11-4-1-3-10(9-11)7-8-14-19-21-22-20-14/h1-9H,(H,17,23)(H,19,20,21,22)/b8-7+. The van der Waals surface area contributed by atoms with Gasteiger partial charge in [-0.1, -0.05) is 24.3 Å². The maximum Gasteiger partial charge on any atom is 0.274 e. The van der Waals surface area contributed by atoms with E-state index in [2.05, 4.69) is 46.9 Å². The van der Waals surface area contributed by atoms with Crippen LogP contribution in [0.15, 0.2) is 47.1 Å². The second-order valence-electron chi connectivity index (χ2n) is 4.53. The number of amides is 1. The maximum atomic E-state index is 12.2. The molecule has 0 aliphatic heterocycles. The fourth-order valence-corrected chi connectivity index (χ4v) is 2.20. The molecular formula is C15H11BrN6O. The minimum Gasteiger partial charge on any atom is -0.321 e. The molecule has 0 bridgehead atoms. The van der Waals surface area contributed by atoms with Gasteiger partial charge in [-0.25, -0.2) is 4.98 Å². The van der Waals surface area contributed by atoms with Crippen molar-refractivity contribution in [3.8, 4) is 0 Å². The third kappa shape index (κ3) is 4.07. The van der Waals surface area contributed by atoms with Gasteiger partial charge in [-0.2, -0.15) is 5.21 Å². The molecule has 0 saturated heterocycles. The van der Waals surface area contributed by atoms with Crippen LogP contribution in [0.25, 0.3) is 12.2 Å². The van der Waals surface area contributed by atoms with Crippen LogP contribution in [0.1, 0.15) is 21.9 Å². The van der Waals surface area contributed by atoms with Gasteiger partial charge in [0.2, 0.25) is 0 Å². The molecular weight excluding hydrogens is 360 g/mol. The molecule has 2 heterocycles. The van der Waals surface area contributed by atoms with E-state index in [4.69, 9.17) is 0 Å². The van der Waals surface area contributed by atoms with Crippen LogP contribution >= 0.6 is 15.9 Å². The lowest BCUT2D eigenvalue weighted by atomic mass is 10.2. The number of aromatic amines is 1. The van der Waals surface area contributed by atoms with Crippen molar-refractivity contribution >= 4 is 39.7 Å². The van der Waals surface area contributed by atoms with Gasteiger partial charge < -0.3 is 5.32 Å². The van der Waals surface area contributed by atoms with E-state index in [0.717, 1.165) is 5.56 Å². The minimum atomic E-state index is -0.273. The van der Waals surface area contributed by atoms with Crippen molar-refractivity contribution in [1.29, 1.82) is 0 Å². The molecule has 2 aromatic heterocycles. The zero-order valence-corrected chi connectivity index (χ0v) is 13.4. The number of pyridine rings is 1. The summed E-state index contributed by atoms with van der Waals surface area (Å²) in [7, 11) is 0. The number of halogens is 1. The van der Waals surface area contributed by atoms with Crippen LogP contribution < -0.4 is 5.32 Å². The predicted molar refractivity (Wildman–Crippen MR) is 89.4 cm³/mol. The van der Waals surface area contributed by atoms with Crippen LogP contribution in [0.5, 0.6) is 0 Å². The Labute approximate surface area is 140 Å². The van der Waals surface area contributed by atoms with Crippen LogP contribution in [0, 0.1) is 0 Å². The summed E-state index contributed by atoms with van der Waals surface area (Å²) in [5.41, 5.74) is 1.91. The number of carbonyl (C=O) groups excluding carboxylic acids is 1. The summed E-state index contributed by atoms with van der Waals surface area (Å²) in [6, 6.07) is 12.6. The molecule has 0 saturated carbocycles. The number of aromatic nitrogens is 5. The number of nitrogens with one attached hydrogen (secondary N) is 2. The predicted octanol–water partition coefficient (Wildman–Crippen LogP) is 2.78. The van der Waals surface area contributed by atoms with E-state index >= 15 is 0 Å². The number of tetrazole rings is 1. The molecule has 2 N–H and O–H groups in total. The van der Waals surface area contributed by atoms with Gasteiger partial charge in [0.05, 0.1) is 0 Å². The maximum absolute atomic E-state index is 12.2. The van der Waals surface area contributed by atoms with Crippen LogP contribution in [0.3, 0.4) is 0 Å². The molecule has 0 fully saturated rings. The van der Waals surface area contributed by atoms with Gasteiger partial charge in [0, 0.05) is 5.69 Å². The van der Waals surface area contributed by atoms with E-state index in [1.807, 2.05) is 30.3 Å². The molecule has 0 aliphatic carbocycles. The average molecular weight is 371 g/mol. The lowest BCUT2D eigenvalue weighted by Crippen LogP contribution is -2.13. The number of rotatable bonds is 4. The van der Waals surface area contributed by atoms with Gasteiger partial charge in [-0.05, 0) is 57.0 Å². The lowest BCUT2D eigenvalue weighted by Gasteiger charge is -2.05. The van der Waals surface area contributed by atoms with E-state index in [9.17, 15) is 4.79 Å². The molecule has 23 heavy (non-hydrogen) atoms. The number of carbonyl (C=O) groups is 1. The van der Waals surface area contributed by atoms with Crippen molar-refractivity contribution in [3.05, 3.63) is 64.1 Å². The van der Waals surface area contributed by atoms with Crippen molar-refractivity contribution in [2.75, 3.05) is 5.32 Å². The topological polar surface area (TPSA) is 96.5 Å². The van der Waals surface area contributed by atoms with Gasteiger partial charge in [0.15, 0.2) is 5.82 Å². The first-order valence-corrected chi connectivity index (χ1v) is 7.45. The summed E-state index contributed by atoms with van der Waals surface area (Å²) in [4.78, 5) is 16.3. The zero-order chi connectivity index (χ0) is 16.1. The first-order chi connectivity index (χ1) is 11.2. The van der Waals surface area contributed by atoms with Crippen LogP contribution in [0.2, 0.25) is 0 Å². The average Bonchev–Trinajstić information content (AvgIpc) is 3.07. The molecule has 7 nitrogen and oxygen atoms in total. The number of H-pyrrole nitrogens is 1. The number of hydrogen-bond donors (Lipinski definition) is 2. The molecule has 0 atom stereocenters. The largest absolute Gasteiger partial charge is 0.321 e. The summed E-state index contributed by atoms with van der Waals surface area (Å²) in [6.07, 6.45) is 3.55. The van der Waals surface area contributed by atoms with Gasteiger partial charge >= 0.3 is 0 Å². The molecule has 1 amide bonds. The lowest BCUT2D eigenvalue weighted by molar-refractivity contribution is 0.102. The Morgan fingerprint density at radius 1 is 1.17 bits per heavy atom. The van der Waals surface area contributed by atoms with E-state index in [-0.39, 0.29) is 5.91 Å². The molecule has 0 spiro atoms. The van der Waals surface area contributed by atoms with Gasteiger partial charge in [0.25, 0.3) is 5.91 Å². The molecule has 114 valence electrons. The Morgan fingerprint density at radius 3 is 2.83 bits per heavy atom. The quantitative estimate of drug-likeness (QED) is 0.688. The van der Waals surface area contributed by atoms with Crippen LogP contribution in [-0.4, -0.2) is 31.5 Å². The van der Waals surface area contributed by atoms with E-state index < -0.39 is 0 Å². The smallest absolute Gasteiger partial charge is 0.274 e. The summed E-state index contributed by atoms with van der Waals surface area (Å²) in [5, 5.41) is 16.3. The Hall–Kier alpha value is -2.87. The van der Waals surface area contributed by atoms with Crippen molar-refractivity contribution < 1.29 is 4.79 Å². The second-order valence-corrected chi connectivity index (χ2v) is 5.34. The van der Waals surface area contributed by atoms with Crippen molar-refractivity contribution in [3.63, 3.8) is 0 Å². The molecule has 0 radical (unpaired) electrons. The molecule has 3 rings (SSSR count). The molecule has 0 unspecified atom stereocenters. The number of hydrogen-bond acceptors (Lipinski definition) is 5. The van der Waals surface area contributed by atoms with Gasteiger partial charge in [-0.3, -0.25) is 4.79 Å². The highest BCUT2D eigenvalue weighted by Gasteiger charge is 2.08. The van der Waals surface area contributed by atoms with Gasteiger partial charge in [0.1, 0.15) is 10.3 Å². The molecule has 3 aromatic rings. The number of anilines is 1. The Kier molecular flexibility index (Phi) is 4.53. The number of benzene rings is 1. The highest BCUT2D eigenvalue weighted by atomic mass is 79.9. The first-order valence-electron chi connectivity index (χ1n) is 6.66. The highest BCUT2D eigenvalue weighted by Crippen LogP contribution is 2.14. The third-order valence-electron chi connectivity index (χ3n) is 2.88. The minimum absolute atomic E-state index is 0.273. The summed E-state index contributed by atoms with van der Waals surface area (Å²) >= 11 is 3.25. The van der Waals surface area contributed by atoms with Crippen LogP contribution in [0.4, 0.5) is 5.69 Å². The molecule has 0 aliphatic rings. The van der Waals surface area contributed by atoms with Crippen molar-refractivity contribution in [2.45, 2.75) is 0 Å².